The second-order valence-corrected chi connectivity index (χ2v) is 3.08. The maximum atomic E-state index is 10.7. The Balaban J connectivity index is 0.00000256. The van der Waals surface area contributed by atoms with Crippen LogP contribution < -0.4 is 39.4 Å². The quantitative estimate of drug-likeness (QED) is 0.333. The van der Waals surface area contributed by atoms with E-state index in [4.69, 9.17) is 4.74 Å². The Bertz CT molecular complexity index is 421. The monoisotopic (exact) mass is 247 g/mol. The van der Waals surface area contributed by atoms with Crippen LogP contribution >= 0.6 is 0 Å². The van der Waals surface area contributed by atoms with Crippen molar-refractivity contribution in [3.8, 4) is 5.75 Å². The standard InChI is InChI=1S/C10H11NO5.Na/c1-2-5-16-9-4-3-7(10(12)13)6-8(9)11(14)15;/h3-4,6H,2,5H2,1H3,(H,12,13);/q;+1/p-1. The number of carboxylic acid groups (broad SMARTS) is 1. The molecule has 0 amide bonds. The van der Waals surface area contributed by atoms with Crippen LogP contribution in [0.25, 0.3) is 0 Å². The number of benzene rings is 1. The van der Waals surface area contributed by atoms with Crippen LogP contribution in [0.4, 0.5) is 5.69 Å². The van der Waals surface area contributed by atoms with Crippen molar-refractivity contribution in [1.29, 1.82) is 0 Å². The minimum atomic E-state index is -1.45. The number of nitro benzene ring substituents is 1. The van der Waals surface area contributed by atoms with Gasteiger partial charge in [0, 0.05) is 11.6 Å². The minimum Gasteiger partial charge on any atom is -0.545 e. The Morgan fingerprint density at radius 3 is 2.59 bits per heavy atom. The largest absolute Gasteiger partial charge is 1.00 e. The maximum Gasteiger partial charge on any atom is 1.00 e. The molecule has 1 aromatic rings. The zero-order chi connectivity index (χ0) is 12.1. The molecule has 0 bridgehead atoms. The molecule has 17 heavy (non-hydrogen) atoms. The fourth-order valence-corrected chi connectivity index (χ4v) is 1.12. The normalized spacial score (nSPS) is 9.24. The van der Waals surface area contributed by atoms with Crippen LogP contribution in [-0.4, -0.2) is 17.5 Å². The number of hydrogen-bond acceptors (Lipinski definition) is 5. The van der Waals surface area contributed by atoms with Gasteiger partial charge in [-0.25, -0.2) is 0 Å². The molecule has 0 aliphatic carbocycles. The molecule has 0 saturated carbocycles. The van der Waals surface area contributed by atoms with Crippen molar-refractivity contribution in [2.24, 2.45) is 0 Å². The minimum absolute atomic E-state index is 0. The Kier molecular flexibility index (Phi) is 6.79. The zero-order valence-corrected chi connectivity index (χ0v) is 11.6. The first kappa shape index (κ1) is 15.9. The van der Waals surface area contributed by atoms with Crippen LogP contribution in [-0.2, 0) is 0 Å². The third-order valence-electron chi connectivity index (χ3n) is 1.85. The summed E-state index contributed by atoms with van der Waals surface area (Å²) in [7, 11) is 0. The molecule has 0 N–H and O–H groups in total. The van der Waals surface area contributed by atoms with Crippen LogP contribution in [0.15, 0.2) is 18.2 Å². The van der Waals surface area contributed by atoms with Gasteiger partial charge in [-0.15, -0.1) is 0 Å². The molecule has 0 atom stereocenters. The number of aromatic carboxylic acids is 1. The zero-order valence-electron chi connectivity index (χ0n) is 9.63. The van der Waals surface area contributed by atoms with Crippen molar-refractivity contribution in [3.05, 3.63) is 33.9 Å². The fraction of sp³-hybridized carbons (Fsp3) is 0.300. The number of nitro groups is 1. The van der Waals surface area contributed by atoms with E-state index in [-0.39, 0.29) is 46.6 Å². The summed E-state index contributed by atoms with van der Waals surface area (Å²) in [5.41, 5.74) is -0.606. The summed E-state index contributed by atoms with van der Waals surface area (Å²) < 4.78 is 5.13. The number of carbonyl (C=O) groups excluding carboxylic acids is 1. The molecule has 0 spiro atoms. The smallest absolute Gasteiger partial charge is 0.545 e. The first-order chi connectivity index (χ1) is 7.56. The molecular weight excluding hydrogens is 237 g/mol. The van der Waals surface area contributed by atoms with Crippen molar-refractivity contribution in [2.45, 2.75) is 13.3 Å². The van der Waals surface area contributed by atoms with Crippen molar-refractivity contribution in [3.63, 3.8) is 0 Å². The van der Waals surface area contributed by atoms with E-state index in [1.54, 1.807) is 0 Å². The molecule has 0 fully saturated rings. The number of rotatable bonds is 5. The van der Waals surface area contributed by atoms with Crippen molar-refractivity contribution < 1.29 is 49.1 Å². The van der Waals surface area contributed by atoms with Crippen LogP contribution in [0.3, 0.4) is 0 Å². The Labute approximate surface area is 120 Å². The van der Waals surface area contributed by atoms with Crippen LogP contribution in [0.1, 0.15) is 23.7 Å². The van der Waals surface area contributed by atoms with E-state index in [1.807, 2.05) is 6.92 Å². The van der Waals surface area contributed by atoms with Crippen LogP contribution in [0, 0.1) is 10.1 Å². The number of nitrogens with zero attached hydrogens (tertiary/aromatic N) is 1. The Morgan fingerprint density at radius 1 is 1.47 bits per heavy atom. The molecule has 86 valence electrons. The first-order valence-electron chi connectivity index (χ1n) is 4.68. The van der Waals surface area contributed by atoms with Crippen LogP contribution in [0.5, 0.6) is 5.75 Å². The van der Waals surface area contributed by atoms with E-state index < -0.39 is 10.9 Å². The van der Waals surface area contributed by atoms with Gasteiger partial charge in [0.2, 0.25) is 0 Å². The van der Waals surface area contributed by atoms with Gasteiger partial charge in [0.05, 0.1) is 17.5 Å². The second kappa shape index (κ2) is 7.26. The predicted molar refractivity (Wildman–Crippen MR) is 53.2 cm³/mol. The molecule has 0 aliphatic rings. The van der Waals surface area contributed by atoms with E-state index >= 15 is 0 Å². The summed E-state index contributed by atoms with van der Waals surface area (Å²) >= 11 is 0. The topological polar surface area (TPSA) is 92.5 Å². The van der Waals surface area contributed by atoms with Gasteiger partial charge >= 0.3 is 35.2 Å². The van der Waals surface area contributed by atoms with Gasteiger partial charge in [-0.2, -0.15) is 0 Å². The van der Waals surface area contributed by atoms with Gasteiger partial charge in [0.25, 0.3) is 0 Å². The Hall–Kier alpha value is -1.11. The molecule has 0 saturated heterocycles. The average molecular weight is 247 g/mol. The SMILES string of the molecule is CCCOc1ccc(C(=O)[O-])cc1[N+](=O)[O-].[Na+]. The maximum absolute atomic E-state index is 10.7. The Morgan fingerprint density at radius 2 is 2.12 bits per heavy atom. The van der Waals surface area contributed by atoms with Crippen LogP contribution in [0.2, 0.25) is 0 Å². The fourth-order valence-electron chi connectivity index (χ4n) is 1.12. The number of ether oxygens (including phenoxy) is 1. The molecule has 0 unspecified atom stereocenters. The average Bonchev–Trinajstić information content (AvgIpc) is 2.25. The summed E-state index contributed by atoms with van der Waals surface area (Å²) in [4.78, 5) is 20.5. The third-order valence-corrected chi connectivity index (χ3v) is 1.85. The molecule has 0 radical (unpaired) electrons. The molecule has 1 aromatic carbocycles. The summed E-state index contributed by atoms with van der Waals surface area (Å²) in [6.45, 7) is 2.20. The van der Waals surface area contributed by atoms with Gasteiger partial charge in [-0.1, -0.05) is 6.92 Å². The van der Waals surface area contributed by atoms with Crippen molar-refractivity contribution in [2.75, 3.05) is 6.61 Å². The van der Waals surface area contributed by atoms with E-state index in [9.17, 15) is 20.0 Å². The summed E-state index contributed by atoms with van der Waals surface area (Å²) in [5, 5.41) is 21.2. The van der Waals surface area contributed by atoms with E-state index in [1.165, 1.54) is 12.1 Å². The van der Waals surface area contributed by atoms with Gasteiger partial charge in [-0.05, 0) is 18.6 Å². The molecule has 6 nitrogen and oxygen atoms in total. The molecule has 0 aromatic heterocycles. The molecular formula is C10H10NNaO5. The van der Waals surface area contributed by atoms with Crippen molar-refractivity contribution >= 4 is 11.7 Å². The number of carbonyl (C=O) groups is 1. The van der Waals surface area contributed by atoms with E-state index in [2.05, 4.69) is 0 Å². The third kappa shape index (κ3) is 4.33. The molecule has 7 heteroatoms. The second-order valence-electron chi connectivity index (χ2n) is 3.08. The van der Waals surface area contributed by atoms with Gasteiger partial charge in [-0.3, -0.25) is 10.1 Å². The van der Waals surface area contributed by atoms with Gasteiger partial charge in [0.1, 0.15) is 0 Å². The van der Waals surface area contributed by atoms with Gasteiger partial charge < -0.3 is 14.6 Å². The summed E-state index contributed by atoms with van der Waals surface area (Å²) in [5.74, 6) is -1.39. The molecule has 0 aliphatic heterocycles. The molecule has 1 rings (SSSR count). The van der Waals surface area contributed by atoms with E-state index in [0.717, 1.165) is 6.07 Å². The first-order valence-corrected chi connectivity index (χ1v) is 4.68. The predicted octanol–water partition coefficient (Wildman–Crippen LogP) is -2.25. The summed E-state index contributed by atoms with van der Waals surface area (Å²) in [6, 6.07) is 3.41. The van der Waals surface area contributed by atoms with Crippen molar-refractivity contribution in [1.82, 2.24) is 0 Å². The molecule has 0 heterocycles. The van der Waals surface area contributed by atoms with E-state index in [0.29, 0.717) is 13.0 Å². The summed E-state index contributed by atoms with van der Waals surface area (Å²) in [6.07, 6.45) is 0.708. The number of hydrogen-bond donors (Lipinski definition) is 0. The number of carboxylic acids is 1. The van der Waals surface area contributed by atoms with Gasteiger partial charge in [0.15, 0.2) is 5.75 Å².